The fourth-order valence-corrected chi connectivity index (χ4v) is 4.47. The van der Waals surface area contributed by atoms with E-state index in [-0.39, 0.29) is 29.4 Å². The second kappa shape index (κ2) is 9.36. The van der Waals surface area contributed by atoms with Crippen LogP contribution in [0.3, 0.4) is 0 Å². The van der Waals surface area contributed by atoms with Crippen LogP contribution in [0, 0.1) is 6.92 Å². The summed E-state index contributed by atoms with van der Waals surface area (Å²) in [5, 5.41) is 14.8. The van der Waals surface area contributed by atoms with Gasteiger partial charge in [0.05, 0.1) is 29.1 Å². The first-order chi connectivity index (χ1) is 13.5. The highest BCUT2D eigenvalue weighted by Crippen LogP contribution is 2.28. The summed E-state index contributed by atoms with van der Waals surface area (Å²) in [5.74, 6) is -0.390. The monoisotopic (exact) mass is 444 g/mol. The molecule has 1 unspecified atom stereocenters. The highest BCUT2D eigenvalue weighted by Gasteiger charge is 2.23. The molecule has 1 aromatic heterocycles. The average molecular weight is 445 g/mol. The zero-order valence-corrected chi connectivity index (χ0v) is 18.4. The van der Waals surface area contributed by atoms with Crippen LogP contribution in [-0.2, 0) is 23.0 Å². The van der Waals surface area contributed by atoms with Gasteiger partial charge in [-0.2, -0.15) is 5.10 Å². The number of allylic oxidation sites excluding steroid dienone is 1. The minimum Gasteiger partial charge on any atom is -0.387 e. The van der Waals surface area contributed by atoms with Crippen molar-refractivity contribution in [2.45, 2.75) is 37.8 Å². The molecule has 0 aliphatic rings. The van der Waals surface area contributed by atoms with E-state index in [0.29, 0.717) is 22.5 Å². The highest BCUT2D eigenvalue weighted by molar-refractivity contribution is 7.89. The Morgan fingerprint density at radius 2 is 2.10 bits per heavy atom. The van der Waals surface area contributed by atoms with Gasteiger partial charge in [-0.15, -0.1) is 0 Å². The fourth-order valence-electron chi connectivity index (χ4n) is 3.03. The Balaban J connectivity index is 2.42. The van der Waals surface area contributed by atoms with Crippen LogP contribution in [0.1, 0.15) is 35.5 Å². The van der Waals surface area contributed by atoms with Crippen LogP contribution in [-0.4, -0.2) is 48.3 Å². The summed E-state index contributed by atoms with van der Waals surface area (Å²) in [7, 11) is -0.797. The summed E-state index contributed by atoms with van der Waals surface area (Å²) in [6.07, 6.45) is 0.400. The van der Waals surface area contributed by atoms with E-state index >= 15 is 0 Å². The number of aryl methyl sites for hydroxylation is 1. The minimum absolute atomic E-state index is 0.00925. The largest absolute Gasteiger partial charge is 0.387 e. The Hall–Kier alpha value is -1.78. The first-order valence-electron chi connectivity index (χ1n) is 8.98. The number of hydrogen-bond donors (Lipinski definition) is 2. The quantitative estimate of drug-likeness (QED) is 0.651. The third kappa shape index (κ3) is 5.23. The number of aliphatic hydroxyl groups excluding tert-OH is 1. The van der Waals surface area contributed by atoms with Gasteiger partial charge in [-0.1, -0.05) is 17.7 Å². The van der Waals surface area contributed by atoms with Gasteiger partial charge in [0, 0.05) is 32.6 Å². The molecule has 1 aromatic carbocycles. The number of aliphatic hydroxyl groups is 1. The van der Waals surface area contributed by atoms with E-state index in [2.05, 4.69) is 5.10 Å². The molecule has 2 aromatic rings. The number of nitrogens with two attached hydrogens (primary N) is 1. The average Bonchev–Trinajstić information content (AvgIpc) is 2.90. The number of nitrogens with zero attached hydrogens (tertiary/aromatic N) is 3. The summed E-state index contributed by atoms with van der Waals surface area (Å²) < 4.78 is 41.3. The summed E-state index contributed by atoms with van der Waals surface area (Å²) in [6, 6.07) is 4.63. The molecular formula is C19H26ClFN4O3S. The van der Waals surface area contributed by atoms with E-state index < -0.39 is 22.0 Å². The Morgan fingerprint density at radius 3 is 2.62 bits per heavy atom. The summed E-state index contributed by atoms with van der Waals surface area (Å²) in [6.45, 7) is 3.66. The molecule has 0 bridgehead atoms. The van der Waals surface area contributed by atoms with Crippen LogP contribution in [0.25, 0.3) is 0 Å². The molecule has 1 atom stereocenters. The summed E-state index contributed by atoms with van der Waals surface area (Å²) in [4.78, 5) is 0.00925. The van der Waals surface area contributed by atoms with Gasteiger partial charge in [0.2, 0.25) is 10.0 Å². The zero-order valence-electron chi connectivity index (χ0n) is 16.9. The van der Waals surface area contributed by atoms with Gasteiger partial charge in [-0.3, -0.25) is 4.68 Å². The van der Waals surface area contributed by atoms with Crippen molar-refractivity contribution < 1.29 is 17.9 Å². The lowest BCUT2D eigenvalue weighted by atomic mass is 10.1. The number of aromatic nitrogens is 2. The van der Waals surface area contributed by atoms with Gasteiger partial charge in [0.1, 0.15) is 10.7 Å². The number of rotatable bonds is 8. The molecular weight excluding hydrogens is 419 g/mol. The Morgan fingerprint density at radius 1 is 1.45 bits per heavy atom. The van der Waals surface area contributed by atoms with E-state index in [1.807, 2.05) is 0 Å². The standard InChI is InChI=1S/C19H26ClFN4O3S/c1-12-16(10-15(21)7-8-22)19(13(2)26)25(23-12)11-14-5-6-18(17(20)9-14)29(27,28)24(3)4/h5-7,9,13,26H,8,10-11,22H2,1-4H3/b15-7-. The number of sulfonamides is 1. The molecule has 7 nitrogen and oxygen atoms in total. The van der Waals surface area contributed by atoms with Crippen LogP contribution in [0.15, 0.2) is 35.0 Å². The smallest absolute Gasteiger partial charge is 0.244 e. The maximum Gasteiger partial charge on any atom is 0.244 e. The van der Waals surface area contributed by atoms with Gasteiger partial charge in [-0.25, -0.2) is 17.1 Å². The van der Waals surface area contributed by atoms with Crippen LogP contribution in [0.2, 0.25) is 5.02 Å². The molecule has 2 rings (SSSR count). The Kier molecular flexibility index (Phi) is 7.58. The van der Waals surface area contributed by atoms with E-state index in [9.17, 15) is 17.9 Å². The SMILES string of the molecule is Cc1nn(Cc2ccc(S(=O)(=O)N(C)C)c(Cl)c2)c(C(C)O)c1C/C(F)=C/CN. The summed E-state index contributed by atoms with van der Waals surface area (Å²) >= 11 is 6.21. The van der Waals surface area contributed by atoms with Gasteiger partial charge in [0.25, 0.3) is 0 Å². The molecule has 0 spiro atoms. The van der Waals surface area contributed by atoms with E-state index in [0.717, 1.165) is 4.31 Å². The van der Waals surface area contributed by atoms with Crippen molar-refractivity contribution in [3.05, 3.63) is 57.6 Å². The minimum atomic E-state index is -3.66. The second-order valence-electron chi connectivity index (χ2n) is 6.90. The second-order valence-corrected chi connectivity index (χ2v) is 9.43. The Labute approximate surface area is 175 Å². The van der Waals surface area contributed by atoms with Crippen molar-refractivity contribution in [2.75, 3.05) is 20.6 Å². The molecule has 0 amide bonds. The van der Waals surface area contributed by atoms with Crippen molar-refractivity contribution in [2.24, 2.45) is 5.73 Å². The molecule has 3 N–H and O–H groups in total. The maximum absolute atomic E-state index is 14.0. The van der Waals surface area contributed by atoms with Crippen LogP contribution in [0.5, 0.6) is 0 Å². The van der Waals surface area contributed by atoms with Crippen molar-refractivity contribution in [3.8, 4) is 0 Å². The molecule has 1 heterocycles. The third-order valence-corrected chi connectivity index (χ3v) is 6.76. The first kappa shape index (κ1) is 23.5. The molecule has 0 aliphatic heterocycles. The zero-order chi connectivity index (χ0) is 21.9. The lowest BCUT2D eigenvalue weighted by Crippen LogP contribution is -2.22. The lowest BCUT2D eigenvalue weighted by molar-refractivity contribution is 0.186. The lowest BCUT2D eigenvalue weighted by Gasteiger charge is -2.15. The van der Waals surface area contributed by atoms with Gasteiger partial charge >= 0.3 is 0 Å². The highest BCUT2D eigenvalue weighted by atomic mass is 35.5. The van der Waals surface area contributed by atoms with Crippen molar-refractivity contribution in [3.63, 3.8) is 0 Å². The first-order valence-corrected chi connectivity index (χ1v) is 10.8. The molecule has 0 saturated heterocycles. The third-order valence-electron chi connectivity index (χ3n) is 4.46. The van der Waals surface area contributed by atoms with Gasteiger partial charge in [-0.05, 0) is 37.6 Å². The number of halogens is 2. The molecule has 0 fully saturated rings. The molecule has 0 saturated carbocycles. The van der Waals surface area contributed by atoms with Crippen LogP contribution < -0.4 is 5.73 Å². The van der Waals surface area contributed by atoms with Crippen molar-refractivity contribution in [1.29, 1.82) is 0 Å². The number of hydrogen-bond acceptors (Lipinski definition) is 5. The molecule has 10 heteroatoms. The Bertz CT molecular complexity index is 1020. The van der Waals surface area contributed by atoms with Crippen LogP contribution >= 0.6 is 11.6 Å². The summed E-state index contributed by atoms with van der Waals surface area (Å²) in [5.41, 5.74) is 7.74. The predicted molar refractivity (Wildman–Crippen MR) is 111 cm³/mol. The molecule has 160 valence electrons. The molecule has 0 aliphatic carbocycles. The number of benzene rings is 1. The predicted octanol–water partition coefficient (Wildman–Crippen LogP) is 2.55. The van der Waals surface area contributed by atoms with Gasteiger partial charge < -0.3 is 10.8 Å². The topological polar surface area (TPSA) is 101 Å². The van der Waals surface area contributed by atoms with Crippen molar-refractivity contribution >= 4 is 21.6 Å². The van der Waals surface area contributed by atoms with E-state index in [1.54, 1.807) is 30.7 Å². The van der Waals surface area contributed by atoms with Crippen molar-refractivity contribution in [1.82, 2.24) is 14.1 Å². The molecule has 29 heavy (non-hydrogen) atoms. The van der Waals surface area contributed by atoms with E-state index in [4.69, 9.17) is 17.3 Å². The molecule has 0 radical (unpaired) electrons. The fraction of sp³-hybridized carbons (Fsp3) is 0.421. The maximum atomic E-state index is 14.0. The van der Waals surface area contributed by atoms with Crippen LogP contribution in [0.4, 0.5) is 4.39 Å². The van der Waals surface area contributed by atoms with Gasteiger partial charge in [0.15, 0.2) is 0 Å². The normalized spacial score (nSPS) is 13.9. The van der Waals surface area contributed by atoms with E-state index in [1.165, 1.54) is 26.2 Å².